The zero-order chi connectivity index (χ0) is 20.4. The van der Waals surface area contributed by atoms with Gasteiger partial charge in [0, 0.05) is 14.0 Å². The monoisotopic (exact) mass is 408 g/mol. The van der Waals surface area contributed by atoms with Crippen molar-refractivity contribution in [1.29, 1.82) is 0 Å². The Labute approximate surface area is 186 Å². The topological polar surface area (TPSA) is 20.2 Å². The second kappa shape index (κ2) is 30.2. The molecule has 0 aliphatic heterocycles. The lowest BCUT2D eigenvalue weighted by molar-refractivity contribution is 0.282. The van der Waals surface area contributed by atoms with Crippen molar-refractivity contribution in [3.8, 4) is 0 Å². The van der Waals surface area contributed by atoms with Gasteiger partial charge in [0.25, 0.3) is 0 Å². The van der Waals surface area contributed by atoms with E-state index in [2.05, 4.69) is 6.92 Å². The van der Waals surface area contributed by atoms with Crippen LogP contribution in [-0.4, -0.2) is 11.7 Å². The number of hydrogen-bond donors (Lipinski definition) is 1. The summed E-state index contributed by atoms with van der Waals surface area (Å²) >= 11 is 0. The first-order valence-electron chi connectivity index (χ1n) is 13.5. The normalized spacial score (nSPS) is 11.0. The summed E-state index contributed by atoms with van der Waals surface area (Å²) in [5, 5.41) is 8.74. The van der Waals surface area contributed by atoms with Crippen LogP contribution >= 0.6 is 0 Å². The average Bonchev–Trinajstić information content (AvgIpc) is 2.71. The van der Waals surface area contributed by atoms with E-state index in [1.54, 1.807) is 0 Å². The van der Waals surface area contributed by atoms with E-state index in [0.29, 0.717) is 6.61 Å². The highest BCUT2D eigenvalue weighted by Gasteiger charge is 1.96. The van der Waals surface area contributed by atoms with Crippen LogP contribution in [0.25, 0.3) is 0 Å². The van der Waals surface area contributed by atoms with Crippen LogP contribution < -0.4 is 0 Å². The molecule has 0 bridgehead atoms. The van der Waals surface area contributed by atoms with E-state index in [4.69, 9.17) is 5.11 Å². The van der Waals surface area contributed by atoms with Gasteiger partial charge < -0.3 is 5.11 Å². The van der Waals surface area contributed by atoms with Crippen molar-refractivity contribution < 1.29 is 5.11 Å². The van der Waals surface area contributed by atoms with Gasteiger partial charge in [-0.15, -0.1) is 0 Å². The van der Waals surface area contributed by atoms with Crippen LogP contribution in [0.3, 0.4) is 0 Å². The van der Waals surface area contributed by atoms with Crippen molar-refractivity contribution in [2.24, 2.45) is 0 Å². The van der Waals surface area contributed by atoms with Gasteiger partial charge in [-0.25, -0.2) is 0 Å². The molecule has 29 heavy (non-hydrogen) atoms. The van der Waals surface area contributed by atoms with Crippen LogP contribution in [0.4, 0.5) is 0 Å². The molecule has 0 heterocycles. The zero-order valence-corrected chi connectivity index (χ0v) is 20.3. The smallest absolute Gasteiger partial charge is 0.0431 e. The Morgan fingerprint density at radius 1 is 0.310 bits per heavy atom. The number of hydrogen-bond acceptors (Lipinski definition) is 1. The van der Waals surface area contributed by atoms with Crippen LogP contribution in [-0.2, 0) is 0 Å². The summed E-state index contributed by atoms with van der Waals surface area (Å²) in [6.45, 7) is 2.67. The molecule has 174 valence electrons. The predicted octanol–water partition coefficient (Wildman–Crippen LogP) is 9.83. The molecule has 0 amide bonds. The second-order valence-corrected chi connectivity index (χ2v) is 9.21. The lowest BCUT2D eigenvalue weighted by atomic mass is 10.0. The summed E-state index contributed by atoms with van der Waals surface area (Å²) in [6.07, 6.45) is 35.6. The van der Waals surface area contributed by atoms with Gasteiger partial charge in [-0.1, -0.05) is 161 Å². The minimum Gasteiger partial charge on any atom is -0.396 e. The molecule has 0 saturated heterocycles. The van der Waals surface area contributed by atoms with E-state index in [1.807, 2.05) is 0 Å². The fourth-order valence-electron chi connectivity index (χ4n) is 4.25. The molecule has 0 spiro atoms. The molecule has 0 unspecified atom stereocenters. The maximum atomic E-state index is 8.74. The van der Waals surface area contributed by atoms with Gasteiger partial charge in [0.1, 0.15) is 0 Å². The first-order valence-corrected chi connectivity index (χ1v) is 13.5. The van der Waals surface area contributed by atoms with Gasteiger partial charge >= 0.3 is 0 Å². The molecule has 0 aromatic carbocycles. The van der Waals surface area contributed by atoms with E-state index in [-0.39, 0.29) is 7.43 Å². The van der Waals surface area contributed by atoms with Crippen molar-refractivity contribution >= 4 is 0 Å². The third-order valence-corrected chi connectivity index (χ3v) is 6.26. The lowest BCUT2D eigenvalue weighted by Crippen LogP contribution is -1.85. The largest absolute Gasteiger partial charge is 0.396 e. The SMILES string of the molecule is CCCCCCCCCCCCCCCCCCCCCCCCCCCO.[C]. The Hall–Kier alpha value is -0.0400. The Bertz CT molecular complexity index is 225. The molecule has 0 fully saturated rings. The standard InChI is InChI=1S/C27H56O.C/c1-2-3-4-5-6-7-8-9-10-11-12-13-14-15-16-17-18-19-20-21-22-23-24-25-26-27-28;/h28H,2-27H2,1H3;. The van der Waals surface area contributed by atoms with Gasteiger partial charge in [0.05, 0.1) is 0 Å². The summed E-state index contributed by atoms with van der Waals surface area (Å²) in [6, 6.07) is 0. The van der Waals surface area contributed by atoms with Crippen LogP contribution in [0.2, 0.25) is 0 Å². The van der Waals surface area contributed by atoms with Crippen molar-refractivity contribution in [1.82, 2.24) is 0 Å². The van der Waals surface area contributed by atoms with Gasteiger partial charge in [0.2, 0.25) is 0 Å². The first-order chi connectivity index (χ1) is 13.9. The molecule has 1 N–H and O–H groups in total. The summed E-state index contributed by atoms with van der Waals surface area (Å²) in [5.41, 5.74) is 0. The number of aliphatic hydroxyl groups excluding tert-OH is 1. The number of unbranched alkanes of at least 4 members (excludes halogenated alkanes) is 24. The minimum absolute atomic E-state index is 0. The average molecular weight is 409 g/mol. The fraction of sp³-hybridized carbons (Fsp3) is 0.964. The maximum Gasteiger partial charge on any atom is 0.0431 e. The zero-order valence-electron chi connectivity index (χ0n) is 20.3. The van der Waals surface area contributed by atoms with Crippen LogP contribution in [0.15, 0.2) is 0 Å². The van der Waals surface area contributed by atoms with Crippen molar-refractivity contribution in [3.05, 3.63) is 7.43 Å². The van der Waals surface area contributed by atoms with E-state index < -0.39 is 0 Å². The maximum absolute atomic E-state index is 8.74. The molecule has 0 aliphatic carbocycles. The summed E-state index contributed by atoms with van der Waals surface area (Å²) in [7, 11) is 0. The molecule has 1 nitrogen and oxygen atoms in total. The highest BCUT2D eigenvalue weighted by Crippen LogP contribution is 2.15. The highest BCUT2D eigenvalue weighted by atomic mass is 16.2. The van der Waals surface area contributed by atoms with E-state index >= 15 is 0 Å². The molecule has 0 aromatic heterocycles. The molecule has 0 aliphatic rings. The van der Waals surface area contributed by atoms with Crippen LogP contribution in [0.5, 0.6) is 0 Å². The molecular formula is C28H56O. The fourth-order valence-corrected chi connectivity index (χ4v) is 4.25. The van der Waals surface area contributed by atoms with E-state index in [9.17, 15) is 0 Å². The van der Waals surface area contributed by atoms with E-state index in [0.717, 1.165) is 6.42 Å². The van der Waals surface area contributed by atoms with E-state index in [1.165, 1.54) is 154 Å². The van der Waals surface area contributed by atoms with Gasteiger partial charge in [-0.3, -0.25) is 0 Å². The third-order valence-electron chi connectivity index (χ3n) is 6.26. The number of aliphatic hydroxyl groups is 1. The van der Waals surface area contributed by atoms with Crippen molar-refractivity contribution in [2.45, 2.75) is 167 Å². The minimum atomic E-state index is 0. The lowest BCUT2D eigenvalue weighted by Gasteiger charge is -2.04. The Balaban J connectivity index is 0. The van der Waals surface area contributed by atoms with Crippen molar-refractivity contribution in [3.63, 3.8) is 0 Å². The number of rotatable bonds is 25. The Morgan fingerprint density at radius 3 is 0.655 bits per heavy atom. The molecule has 4 radical (unpaired) electrons. The Kier molecular flexibility index (Phi) is 32.4. The molecule has 1 heteroatoms. The molecule has 0 atom stereocenters. The van der Waals surface area contributed by atoms with Crippen LogP contribution in [0.1, 0.15) is 167 Å². The summed E-state index contributed by atoms with van der Waals surface area (Å²) in [4.78, 5) is 0. The molecule has 0 aromatic rings. The van der Waals surface area contributed by atoms with Crippen LogP contribution in [0, 0.1) is 7.43 Å². The molecule has 0 rings (SSSR count). The highest BCUT2D eigenvalue weighted by molar-refractivity contribution is 4.51. The Morgan fingerprint density at radius 2 is 0.483 bits per heavy atom. The van der Waals surface area contributed by atoms with Gasteiger partial charge in [-0.05, 0) is 6.42 Å². The molecular weight excluding hydrogens is 352 g/mol. The third kappa shape index (κ3) is 30.2. The molecule has 0 saturated carbocycles. The van der Waals surface area contributed by atoms with Crippen molar-refractivity contribution in [2.75, 3.05) is 6.61 Å². The van der Waals surface area contributed by atoms with Gasteiger partial charge in [-0.2, -0.15) is 0 Å². The quantitative estimate of drug-likeness (QED) is 0.149. The van der Waals surface area contributed by atoms with Gasteiger partial charge in [0.15, 0.2) is 0 Å². The summed E-state index contributed by atoms with van der Waals surface area (Å²) < 4.78 is 0. The summed E-state index contributed by atoms with van der Waals surface area (Å²) in [5.74, 6) is 0. The second-order valence-electron chi connectivity index (χ2n) is 9.21. The predicted molar refractivity (Wildman–Crippen MR) is 131 cm³/mol. The first kappa shape index (κ1) is 31.1.